The highest BCUT2D eigenvalue weighted by molar-refractivity contribution is 5.36. The third kappa shape index (κ3) is 2.43. The summed E-state index contributed by atoms with van der Waals surface area (Å²) in [5.41, 5.74) is 2.19. The lowest BCUT2D eigenvalue weighted by molar-refractivity contribution is 0.206. The highest BCUT2D eigenvalue weighted by Gasteiger charge is 2.21. The number of ether oxygens (including phenoxy) is 1. The maximum absolute atomic E-state index is 9.45. The second-order valence-electron chi connectivity index (χ2n) is 5.27. The Morgan fingerprint density at radius 1 is 1.40 bits per heavy atom. The van der Waals surface area contributed by atoms with Crippen molar-refractivity contribution in [3.63, 3.8) is 0 Å². The van der Waals surface area contributed by atoms with Gasteiger partial charge in [-0.05, 0) is 18.9 Å². The van der Waals surface area contributed by atoms with Gasteiger partial charge in [-0.3, -0.25) is 0 Å². The van der Waals surface area contributed by atoms with Crippen LogP contribution in [-0.4, -0.2) is 28.4 Å². The lowest BCUT2D eigenvalue weighted by Crippen LogP contribution is -2.20. The smallest absolute Gasteiger partial charge is 0.122 e. The number of aliphatic hydroxyl groups excluding tert-OH is 1. The molecule has 2 heterocycles. The molecule has 0 aliphatic carbocycles. The molecule has 4 heteroatoms. The highest BCUT2D eigenvalue weighted by Crippen LogP contribution is 2.26. The third-order valence-corrected chi connectivity index (χ3v) is 3.96. The van der Waals surface area contributed by atoms with Gasteiger partial charge in [0.15, 0.2) is 0 Å². The third-order valence-electron chi connectivity index (χ3n) is 3.96. The van der Waals surface area contributed by atoms with E-state index in [0.29, 0.717) is 0 Å². The number of aromatic nitrogens is 2. The van der Waals surface area contributed by atoms with E-state index in [4.69, 9.17) is 9.72 Å². The number of hydrogen-bond donors (Lipinski definition) is 1. The van der Waals surface area contributed by atoms with Gasteiger partial charge in [0.05, 0.1) is 25.5 Å². The number of methoxy groups -OCH3 is 1. The zero-order chi connectivity index (χ0) is 13.9. The molecule has 0 saturated carbocycles. The Balaban J connectivity index is 1.87. The molecule has 0 saturated heterocycles. The van der Waals surface area contributed by atoms with Crippen LogP contribution in [0.4, 0.5) is 0 Å². The van der Waals surface area contributed by atoms with Gasteiger partial charge >= 0.3 is 0 Å². The zero-order valence-electron chi connectivity index (χ0n) is 11.7. The van der Waals surface area contributed by atoms with Gasteiger partial charge in [0, 0.05) is 24.6 Å². The summed E-state index contributed by atoms with van der Waals surface area (Å²) in [5.74, 6) is 2.00. The minimum absolute atomic E-state index is 0.192. The van der Waals surface area contributed by atoms with Crippen LogP contribution < -0.4 is 4.74 Å². The number of benzene rings is 1. The molecule has 3 rings (SSSR count). The average molecular weight is 272 g/mol. The maximum Gasteiger partial charge on any atom is 0.122 e. The zero-order valence-corrected chi connectivity index (χ0v) is 11.7. The lowest BCUT2D eigenvalue weighted by atomic mass is 10.1. The predicted molar refractivity (Wildman–Crippen MR) is 77.1 cm³/mol. The molecule has 1 aliphatic heterocycles. The number of aliphatic hydroxyl groups is 1. The van der Waals surface area contributed by atoms with Crippen LogP contribution >= 0.6 is 0 Å². The van der Waals surface area contributed by atoms with Crippen molar-refractivity contribution in [1.82, 2.24) is 9.55 Å². The molecular formula is C16H20N2O2. The lowest BCUT2D eigenvalue weighted by Gasteiger charge is -2.22. The van der Waals surface area contributed by atoms with Crippen LogP contribution in [0.5, 0.6) is 5.75 Å². The standard InChI is InChI=1S/C16H20N2O2/c1-20-15-7-3-2-5-12(15)9-13-10-18-14(11-19)6-4-8-16(18)17-13/h2-3,5,7,10,14,19H,4,6,8-9,11H2,1H3. The summed E-state index contributed by atoms with van der Waals surface area (Å²) >= 11 is 0. The normalized spacial score (nSPS) is 17.8. The molecule has 1 atom stereocenters. The van der Waals surface area contributed by atoms with Crippen LogP contribution in [0.1, 0.15) is 36.0 Å². The van der Waals surface area contributed by atoms with E-state index in [0.717, 1.165) is 48.5 Å². The van der Waals surface area contributed by atoms with Crippen molar-refractivity contribution in [2.75, 3.05) is 13.7 Å². The fraction of sp³-hybridized carbons (Fsp3) is 0.438. The summed E-state index contributed by atoms with van der Waals surface area (Å²) in [6.45, 7) is 0.192. The van der Waals surface area contributed by atoms with E-state index in [2.05, 4.69) is 16.8 Å². The number of aryl methyl sites for hydroxylation is 1. The van der Waals surface area contributed by atoms with Crippen molar-refractivity contribution >= 4 is 0 Å². The predicted octanol–water partition coefficient (Wildman–Crippen LogP) is 2.35. The van der Waals surface area contributed by atoms with E-state index in [1.54, 1.807) is 7.11 Å². The SMILES string of the molecule is COc1ccccc1Cc1cn2c(n1)CCCC2CO. The molecule has 0 bridgehead atoms. The monoisotopic (exact) mass is 272 g/mol. The average Bonchev–Trinajstić information content (AvgIpc) is 2.90. The van der Waals surface area contributed by atoms with Crippen LogP contribution in [0.3, 0.4) is 0 Å². The number of para-hydroxylation sites is 1. The van der Waals surface area contributed by atoms with Crippen molar-refractivity contribution in [3.05, 3.63) is 47.5 Å². The molecule has 1 aliphatic rings. The Hall–Kier alpha value is -1.81. The number of imidazole rings is 1. The fourth-order valence-corrected chi connectivity index (χ4v) is 2.93. The Labute approximate surface area is 119 Å². The van der Waals surface area contributed by atoms with E-state index in [-0.39, 0.29) is 12.6 Å². The summed E-state index contributed by atoms with van der Waals surface area (Å²) < 4.78 is 7.53. The van der Waals surface area contributed by atoms with Gasteiger partial charge in [0.1, 0.15) is 11.6 Å². The molecular weight excluding hydrogens is 252 g/mol. The first kappa shape index (κ1) is 13.2. The Bertz CT molecular complexity index is 592. The molecule has 0 amide bonds. The largest absolute Gasteiger partial charge is 0.496 e. The highest BCUT2D eigenvalue weighted by atomic mass is 16.5. The summed E-state index contributed by atoms with van der Waals surface area (Å²) in [6.07, 6.45) is 6.00. The van der Waals surface area contributed by atoms with Gasteiger partial charge < -0.3 is 14.4 Å². The van der Waals surface area contributed by atoms with E-state index in [1.165, 1.54) is 0 Å². The quantitative estimate of drug-likeness (QED) is 0.929. The number of fused-ring (bicyclic) bond motifs is 1. The summed E-state index contributed by atoms with van der Waals surface area (Å²) in [5, 5.41) is 9.45. The van der Waals surface area contributed by atoms with Crippen LogP contribution in [0, 0.1) is 0 Å². The number of hydrogen-bond acceptors (Lipinski definition) is 3. The second-order valence-corrected chi connectivity index (χ2v) is 5.27. The maximum atomic E-state index is 9.45. The number of nitrogens with zero attached hydrogens (tertiary/aromatic N) is 2. The van der Waals surface area contributed by atoms with Gasteiger partial charge in [-0.2, -0.15) is 0 Å². The van der Waals surface area contributed by atoms with Crippen molar-refractivity contribution < 1.29 is 9.84 Å². The molecule has 20 heavy (non-hydrogen) atoms. The molecule has 0 spiro atoms. The van der Waals surface area contributed by atoms with Crippen molar-refractivity contribution in [1.29, 1.82) is 0 Å². The molecule has 106 valence electrons. The Morgan fingerprint density at radius 3 is 3.05 bits per heavy atom. The first-order valence-electron chi connectivity index (χ1n) is 7.11. The molecule has 2 aromatic rings. The van der Waals surface area contributed by atoms with Gasteiger partial charge in [-0.25, -0.2) is 4.98 Å². The summed E-state index contributed by atoms with van der Waals surface area (Å²) in [6, 6.07) is 8.23. The van der Waals surface area contributed by atoms with Crippen molar-refractivity contribution in [2.45, 2.75) is 31.7 Å². The molecule has 4 nitrogen and oxygen atoms in total. The Morgan fingerprint density at radius 2 is 2.25 bits per heavy atom. The second kappa shape index (κ2) is 5.67. The van der Waals surface area contributed by atoms with Gasteiger partial charge in [-0.15, -0.1) is 0 Å². The van der Waals surface area contributed by atoms with E-state index >= 15 is 0 Å². The van der Waals surface area contributed by atoms with Gasteiger partial charge in [0.25, 0.3) is 0 Å². The molecule has 0 radical (unpaired) electrons. The summed E-state index contributed by atoms with van der Waals surface area (Å²) in [7, 11) is 1.69. The van der Waals surface area contributed by atoms with E-state index in [9.17, 15) is 5.11 Å². The van der Waals surface area contributed by atoms with Crippen molar-refractivity contribution in [2.24, 2.45) is 0 Å². The molecule has 1 N–H and O–H groups in total. The van der Waals surface area contributed by atoms with Gasteiger partial charge in [0.2, 0.25) is 0 Å². The van der Waals surface area contributed by atoms with Crippen LogP contribution in [0.15, 0.2) is 30.5 Å². The summed E-state index contributed by atoms with van der Waals surface area (Å²) in [4.78, 5) is 4.72. The molecule has 1 unspecified atom stereocenters. The van der Waals surface area contributed by atoms with E-state index < -0.39 is 0 Å². The molecule has 1 aromatic heterocycles. The molecule has 0 fully saturated rings. The van der Waals surface area contributed by atoms with Gasteiger partial charge in [-0.1, -0.05) is 18.2 Å². The minimum Gasteiger partial charge on any atom is -0.496 e. The van der Waals surface area contributed by atoms with Crippen LogP contribution in [0.2, 0.25) is 0 Å². The van der Waals surface area contributed by atoms with Crippen molar-refractivity contribution in [3.8, 4) is 5.75 Å². The first-order valence-corrected chi connectivity index (χ1v) is 7.11. The molecule has 1 aromatic carbocycles. The van der Waals surface area contributed by atoms with E-state index in [1.807, 2.05) is 18.2 Å². The topological polar surface area (TPSA) is 47.3 Å². The number of rotatable bonds is 4. The fourth-order valence-electron chi connectivity index (χ4n) is 2.93. The van der Waals surface area contributed by atoms with Crippen LogP contribution in [0.25, 0.3) is 0 Å². The van der Waals surface area contributed by atoms with Crippen LogP contribution in [-0.2, 0) is 12.8 Å². The first-order chi connectivity index (χ1) is 9.81. The minimum atomic E-state index is 0.192. The Kier molecular flexibility index (Phi) is 3.74.